The van der Waals surface area contributed by atoms with Gasteiger partial charge in [0.15, 0.2) is 0 Å². The SMILES string of the molecule is CN(C)c1ccc(-n2cccc2/C=C2\NC(=O)N(Cc3ccc(Cl)c(Cl)c3)C2=O)cc1. The summed E-state index contributed by atoms with van der Waals surface area (Å²) in [6.45, 7) is 0.103. The van der Waals surface area contributed by atoms with Crippen LogP contribution in [0.2, 0.25) is 10.0 Å². The predicted molar refractivity (Wildman–Crippen MR) is 124 cm³/mol. The van der Waals surface area contributed by atoms with Crippen molar-refractivity contribution in [2.75, 3.05) is 19.0 Å². The molecule has 0 radical (unpaired) electrons. The standard InChI is InChI=1S/C23H20Cl2N4O2/c1-27(2)16-6-8-17(9-7-16)28-11-3-4-18(28)13-21-22(30)29(23(31)26-21)14-15-5-10-19(24)20(25)12-15/h3-13H,14H2,1-2H3,(H,26,31)/b21-13-. The van der Waals surface area contributed by atoms with E-state index in [1.807, 2.05) is 66.2 Å². The number of halogens is 2. The highest BCUT2D eigenvalue weighted by molar-refractivity contribution is 6.42. The van der Waals surface area contributed by atoms with Crippen LogP contribution >= 0.6 is 23.2 Å². The van der Waals surface area contributed by atoms with Gasteiger partial charge in [-0.3, -0.25) is 9.69 Å². The number of urea groups is 1. The summed E-state index contributed by atoms with van der Waals surface area (Å²) in [5, 5.41) is 3.45. The minimum Gasteiger partial charge on any atom is -0.378 e. The van der Waals surface area contributed by atoms with Gasteiger partial charge in [0.05, 0.1) is 16.6 Å². The molecule has 1 fully saturated rings. The van der Waals surface area contributed by atoms with Crippen LogP contribution in [0, 0.1) is 0 Å². The van der Waals surface area contributed by atoms with E-state index >= 15 is 0 Å². The number of imide groups is 1. The number of nitrogens with zero attached hydrogens (tertiary/aromatic N) is 3. The second-order valence-corrected chi connectivity index (χ2v) is 8.16. The number of aromatic nitrogens is 1. The molecule has 4 rings (SSSR count). The number of hydrogen-bond donors (Lipinski definition) is 1. The lowest BCUT2D eigenvalue weighted by Gasteiger charge is -2.14. The van der Waals surface area contributed by atoms with Crippen LogP contribution in [0.4, 0.5) is 10.5 Å². The highest BCUT2D eigenvalue weighted by Gasteiger charge is 2.33. The quantitative estimate of drug-likeness (QED) is 0.438. The number of carbonyl (C=O) groups excluding carboxylic acids is 2. The van der Waals surface area contributed by atoms with Gasteiger partial charge in [0.2, 0.25) is 0 Å². The van der Waals surface area contributed by atoms with Crippen LogP contribution in [0.5, 0.6) is 0 Å². The van der Waals surface area contributed by atoms with E-state index in [9.17, 15) is 9.59 Å². The van der Waals surface area contributed by atoms with Crippen molar-refractivity contribution in [3.8, 4) is 5.69 Å². The fraction of sp³-hybridized carbons (Fsp3) is 0.130. The number of benzene rings is 2. The van der Waals surface area contributed by atoms with Gasteiger partial charge in [0.25, 0.3) is 5.91 Å². The van der Waals surface area contributed by atoms with Crippen molar-refractivity contribution in [2.45, 2.75) is 6.54 Å². The van der Waals surface area contributed by atoms with E-state index in [1.165, 1.54) is 0 Å². The number of anilines is 1. The molecule has 1 aromatic heterocycles. The van der Waals surface area contributed by atoms with E-state index in [4.69, 9.17) is 23.2 Å². The zero-order chi connectivity index (χ0) is 22.1. The molecular formula is C23H20Cl2N4O2. The van der Waals surface area contributed by atoms with Crippen molar-refractivity contribution in [2.24, 2.45) is 0 Å². The lowest BCUT2D eigenvalue weighted by molar-refractivity contribution is -0.123. The lowest BCUT2D eigenvalue weighted by atomic mass is 10.2. The summed E-state index contributed by atoms with van der Waals surface area (Å²) < 4.78 is 1.95. The third-order valence-electron chi connectivity index (χ3n) is 5.00. The molecule has 1 aliphatic heterocycles. The number of hydrogen-bond acceptors (Lipinski definition) is 3. The summed E-state index contributed by atoms with van der Waals surface area (Å²) in [5.41, 5.74) is 3.75. The minimum absolute atomic E-state index is 0.103. The van der Waals surface area contributed by atoms with E-state index in [-0.39, 0.29) is 12.2 Å². The molecule has 1 aliphatic rings. The van der Waals surface area contributed by atoms with Gasteiger partial charge in [0, 0.05) is 37.4 Å². The molecule has 0 saturated carbocycles. The lowest BCUT2D eigenvalue weighted by Crippen LogP contribution is -2.30. The van der Waals surface area contributed by atoms with Crippen molar-refractivity contribution in [1.82, 2.24) is 14.8 Å². The Kier molecular flexibility index (Phi) is 5.76. The molecule has 31 heavy (non-hydrogen) atoms. The molecular weight excluding hydrogens is 435 g/mol. The topological polar surface area (TPSA) is 57.6 Å². The third kappa shape index (κ3) is 4.31. The van der Waals surface area contributed by atoms with E-state index in [0.717, 1.165) is 22.0 Å². The summed E-state index contributed by atoms with van der Waals surface area (Å²) in [7, 11) is 3.97. The fourth-order valence-corrected chi connectivity index (χ4v) is 3.66. The first kappa shape index (κ1) is 21.0. The highest BCUT2D eigenvalue weighted by atomic mass is 35.5. The van der Waals surface area contributed by atoms with E-state index < -0.39 is 11.9 Å². The molecule has 1 saturated heterocycles. The molecule has 0 spiro atoms. The summed E-state index contributed by atoms with van der Waals surface area (Å²) in [6, 6.07) is 16.4. The smallest absolute Gasteiger partial charge is 0.329 e. The number of nitrogens with one attached hydrogen (secondary N) is 1. The molecule has 0 aliphatic carbocycles. The van der Waals surface area contributed by atoms with Gasteiger partial charge < -0.3 is 14.8 Å². The zero-order valence-electron chi connectivity index (χ0n) is 17.0. The maximum atomic E-state index is 12.9. The Labute approximate surface area is 190 Å². The van der Waals surface area contributed by atoms with Crippen LogP contribution in [-0.2, 0) is 11.3 Å². The first-order valence-corrected chi connectivity index (χ1v) is 10.3. The van der Waals surface area contributed by atoms with Crippen LogP contribution < -0.4 is 10.2 Å². The van der Waals surface area contributed by atoms with E-state index in [0.29, 0.717) is 15.6 Å². The first-order valence-electron chi connectivity index (χ1n) is 9.57. The van der Waals surface area contributed by atoms with Crippen LogP contribution in [0.1, 0.15) is 11.3 Å². The molecule has 2 aromatic carbocycles. The van der Waals surface area contributed by atoms with E-state index in [2.05, 4.69) is 5.32 Å². The van der Waals surface area contributed by atoms with Crippen LogP contribution in [0.25, 0.3) is 11.8 Å². The van der Waals surface area contributed by atoms with Crippen LogP contribution in [0.15, 0.2) is 66.5 Å². The summed E-state index contributed by atoms with van der Waals surface area (Å²) in [6.07, 6.45) is 3.58. The van der Waals surface area contributed by atoms with Gasteiger partial charge in [-0.05, 0) is 60.2 Å². The van der Waals surface area contributed by atoms with Crippen molar-refractivity contribution in [1.29, 1.82) is 0 Å². The average molecular weight is 455 g/mol. The van der Waals surface area contributed by atoms with Gasteiger partial charge in [-0.2, -0.15) is 0 Å². The fourth-order valence-electron chi connectivity index (χ4n) is 3.34. The van der Waals surface area contributed by atoms with Crippen molar-refractivity contribution in [3.05, 3.63) is 87.8 Å². The molecule has 3 aromatic rings. The van der Waals surface area contributed by atoms with Gasteiger partial charge >= 0.3 is 6.03 Å². The normalized spacial score (nSPS) is 15.0. The summed E-state index contributed by atoms with van der Waals surface area (Å²) in [4.78, 5) is 28.5. The Balaban J connectivity index is 1.57. The zero-order valence-corrected chi connectivity index (χ0v) is 18.5. The molecule has 8 heteroatoms. The second kappa shape index (κ2) is 8.49. The first-order chi connectivity index (χ1) is 14.8. The Bertz CT molecular complexity index is 1180. The third-order valence-corrected chi connectivity index (χ3v) is 5.74. The molecule has 3 amide bonds. The van der Waals surface area contributed by atoms with Gasteiger partial charge in [-0.1, -0.05) is 29.3 Å². The van der Waals surface area contributed by atoms with Crippen molar-refractivity contribution < 1.29 is 9.59 Å². The minimum atomic E-state index is -0.476. The summed E-state index contributed by atoms with van der Waals surface area (Å²) >= 11 is 12.0. The Hall–Kier alpha value is -3.22. The van der Waals surface area contributed by atoms with Crippen LogP contribution in [0.3, 0.4) is 0 Å². The Morgan fingerprint density at radius 3 is 2.42 bits per heavy atom. The largest absolute Gasteiger partial charge is 0.378 e. The second-order valence-electron chi connectivity index (χ2n) is 7.34. The molecule has 2 heterocycles. The number of rotatable bonds is 5. The van der Waals surface area contributed by atoms with Gasteiger partial charge in [0.1, 0.15) is 5.70 Å². The Morgan fingerprint density at radius 2 is 1.74 bits per heavy atom. The molecule has 0 unspecified atom stereocenters. The summed E-state index contributed by atoms with van der Waals surface area (Å²) in [5.74, 6) is -0.397. The molecule has 6 nitrogen and oxygen atoms in total. The van der Waals surface area contributed by atoms with Crippen molar-refractivity contribution >= 4 is 46.9 Å². The van der Waals surface area contributed by atoms with Gasteiger partial charge in [-0.25, -0.2) is 4.79 Å². The molecule has 0 atom stereocenters. The predicted octanol–water partition coefficient (Wildman–Crippen LogP) is 4.94. The molecule has 0 bridgehead atoms. The molecule has 158 valence electrons. The Morgan fingerprint density at radius 1 is 1.00 bits per heavy atom. The van der Waals surface area contributed by atoms with Crippen molar-refractivity contribution in [3.63, 3.8) is 0 Å². The number of amides is 3. The van der Waals surface area contributed by atoms with E-state index in [1.54, 1.807) is 24.3 Å². The molecule has 1 N–H and O–H groups in total. The average Bonchev–Trinajstić information content (AvgIpc) is 3.31. The maximum absolute atomic E-state index is 12.9. The maximum Gasteiger partial charge on any atom is 0.329 e. The highest BCUT2D eigenvalue weighted by Crippen LogP contribution is 2.25. The van der Waals surface area contributed by atoms with Gasteiger partial charge in [-0.15, -0.1) is 0 Å². The van der Waals surface area contributed by atoms with Crippen LogP contribution in [-0.4, -0.2) is 35.5 Å². The number of carbonyl (C=O) groups is 2. The monoisotopic (exact) mass is 454 g/mol.